The van der Waals surface area contributed by atoms with E-state index in [1.807, 2.05) is 36.2 Å². The second-order valence-electron chi connectivity index (χ2n) is 9.85. The molecule has 4 heterocycles. The van der Waals surface area contributed by atoms with Gasteiger partial charge in [-0.2, -0.15) is 0 Å². The van der Waals surface area contributed by atoms with Gasteiger partial charge in [-0.25, -0.2) is 19.7 Å². The number of amides is 2. The molecule has 3 N–H and O–H groups in total. The van der Waals surface area contributed by atoms with Gasteiger partial charge in [0, 0.05) is 55.0 Å². The van der Waals surface area contributed by atoms with Crippen LogP contribution in [-0.2, 0) is 6.42 Å². The van der Waals surface area contributed by atoms with Crippen LogP contribution in [0, 0.1) is 5.92 Å². The van der Waals surface area contributed by atoms with Crippen molar-refractivity contribution in [2.45, 2.75) is 26.2 Å². The number of rotatable bonds is 5. The Hall–Kier alpha value is -4.46. The van der Waals surface area contributed by atoms with Gasteiger partial charge in [0.05, 0.1) is 11.2 Å². The number of fused-ring (bicyclic) bond motifs is 2. The number of nitrogen functional groups attached to an aromatic ring is 1. The van der Waals surface area contributed by atoms with E-state index in [0.29, 0.717) is 18.3 Å². The maximum absolute atomic E-state index is 12.2. The molecule has 0 saturated carbocycles. The van der Waals surface area contributed by atoms with E-state index in [-0.39, 0.29) is 6.03 Å². The van der Waals surface area contributed by atoms with Crippen molar-refractivity contribution in [2.24, 2.45) is 5.92 Å². The molecule has 0 spiro atoms. The van der Waals surface area contributed by atoms with Gasteiger partial charge in [0.25, 0.3) is 0 Å². The van der Waals surface area contributed by atoms with E-state index in [1.165, 1.54) is 0 Å². The quantitative estimate of drug-likeness (QED) is 0.343. The van der Waals surface area contributed by atoms with Crippen molar-refractivity contribution < 1.29 is 4.79 Å². The van der Waals surface area contributed by atoms with Gasteiger partial charge in [-0.3, -0.25) is 4.40 Å². The minimum atomic E-state index is 0.0266. The highest BCUT2D eigenvalue weighted by Crippen LogP contribution is 2.32. The predicted molar refractivity (Wildman–Crippen MR) is 151 cm³/mol. The summed E-state index contributed by atoms with van der Waals surface area (Å²) in [6, 6.07) is 20.6. The molecule has 2 amide bonds. The Bertz CT molecular complexity index is 1600. The van der Waals surface area contributed by atoms with E-state index in [0.717, 1.165) is 77.1 Å². The van der Waals surface area contributed by atoms with E-state index < -0.39 is 0 Å². The number of pyridine rings is 1. The molecule has 0 aliphatic carbocycles. The number of benzene rings is 2. The summed E-state index contributed by atoms with van der Waals surface area (Å²) >= 11 is 0. The van der Waals surface area contributed by atoms with Crippen LogP contribution in [0.2, 0.25) is 0 Å². The SMILES string of the molecule is CCNC(=O)N1CCC(Cc2nc(-c3ccc4ccc(-c5ccccc5)nc4c3)c3c(N)nccn23)CC1. The molecular formula is C30H31N7O. The van der Waals surface area contributed by atoms with Crippen molar-refractivity contribution in [3.63, 3.8) is 0 Å². The van der Waals surface area contributed by atoms with Crippen LogP contribution >= 0.6 is 0 Å². The third-order valence-corrected chi connectivity index (χ3v) is 7.39. The van der Waals surface area contributed by atoms with Crippen LogP contribution in [0.15, 0.2) is 73.1 Å². The largest absolute Gasteiger partial charge is 0.382 e. The van der Waals surface area contributed by atoms with Gasteiger partial charge < -0.3 is 16.0 Å². The molecule has 1 saturated heterocycles. The Balaban J connectivity index is 1.33. The van der Waals surface area contributed by atoms with Crippen molar-refractivity contribution >= 4 is 28.3 Å². The fraction of sp³-hybridized carbons (Fsp3) is 0.267. The standard InChI is InChI=1S/C30H31N7O/c1-2-32-30(38)36-15-12-20(13-16-36)18-26-35-27(28-29(31)33-14-17-37(26)28)23-9-8-22-10-11-24(34-25(22)19-23)21-6-4-3-5-7-21/h3-11,14,17,19-20H,2,12-13,15-16,18H2,1H3,(H2,31,33)(H,32,38). The zero-order valence-corrected chi connectivity index (χ0v) is 21.5. The molecule has 5 aromatic rings. The van der Waals surface area contributed by atoms with Crippen molar-refractivity contribution in [1.82, 2.24) is 29.6 Å². The van der Waals surface area contributed by atoms with Gasteiger partial charge in [-0.15, -0.1) is 0 Å². The van der Waals surface area contributed by atoms with E-state index in [4.69, 9.17) is 15.7 Å². The molecule has 0 atom stereocenters. The highest BCUT2D eigenvalue weighted by molar-refractivity contribution is 5.91. The molecule has 3 aromatic heterocycles. The second kappa shape index (κ2) is 10.1. The lowest BCUT2D eigenvalue weighted by atomic mass is 9.93. The summed E-state index contributed by atoms with van der Waals surface area (Å²) in [6.45, 7) is 4.11. The third kappa shape index (κ3) is 4.53. The lowest BCUT2D eigenvalue weighted by Gasteiger charge is -2.31. The van der Waals surface area contributed by atoms with Crippen LogP contribution in [0.25, 0.3) is 38.9 Å². The van der Waals surface area contributed by atoms with Crippen molar-refractivity contribution in [2.75, 3.05) is 25.4 Å². The summed E-state index contributed by atoms with van der Waals surface area (Å²) in [6.07, 6.45) is 6.38. The number of nitrogens with one attached hydrogen (secondary N) is 1. The minimum absolute atomic E-state index is 0.0266. The molecule has 0 radical (unpaired) electrons. The second-order valence-corrected chi connectivity index (χ2v) is 9.85. The molecule has 1 fully saturated rings. The molecule has 0 unspecified atom stereocenters. The summed E-state index contributed by atoms with van der Waals surface area (Å²) in [5.74, 6) is 1.87. The maximum atomic E-state index is 12.2. The molecule has 6 rings (SSSR count). The average Bonchev–Trinajstić information content (AvgIpc) is 3.33. The Kier molecular flexibility index (Phi) is 6.37. The molecule has 192 valence electrons. The highest BCUT2D eigenvalue weighted by Gasteiger charge is 2.25. The zero-order chi connectivity index (χ0) is 26.1. The van der Waals surface area contributed by atoms with Crippen molar-refractivity contribution in [3.05, 3.63) is 78.9 Å². The van der Waals surface area contributed by atoms with Gasteiger partial charge in [-0.1, -0.05) is 48.5 Å². The number of hydrogen-bond donors (Lipinski definition) is 2. The molecule has 2 aromatic carbocycles. The highest BCUT2D eigenvalue weighted by atomic mass is 16.2. The van der Waals surface area contributed by atoms with E-state index in [1.54, 1.807) is 6.20 Å². The first kappa shape index (κ1) is 23.9. The van der Waals surface area contributed by atoms with Crippen LogP contribution < -0.4 is 11.1 Å². The Morgan fingerprint density at radius 2 is 1.82 bits per heavy atom. The minimum Gasteiger partial charge on any atom is -0.382 e. The fourth-order valence-corrected chi connectivity index (χ4v) is 5.37. The lowest BCUT2D eigenvalue weighted by molar-refractivity contribution is 0.170. The van der Waals surface area contributed by atoms with Crippen LogP contribution in [0.5, 0.6) is 0 Å². The number of imidazole rings is 1. The predicted octanol–water partition coefficient (Wildman–Crippen LogP) is 5.18. The molecule has 8 nitrogen and oxygen atoms in total. The van der Waals surface area contributed by atoms with E-state index in [2.05, 4.69) is 57.2 Å². The average molecular weight is 506 g/mol. The maximum Gasteiger partial charge on any atom is 0.317 e. The van der Waals surface area contributed by atoms with Crippen LogP contribution in [-0.4, -0.2) is 49.9 Å². The first-order valence-corrected chi connectivity index (χ1v) is 13.2. The van der Waals surface area contributed by atoms with E-state index >= 15 is 0 Å². The normalized spacial score (nSPS) is 14.3. The summed E-state index contributed by atoms with van der Waals surface area (Å²) in [5.41, 5.74) is 11.9. The number of urea groups is 1. The number of carbonyl (C=O) groups excluding carboxylic acids is 1. The van der Waals surface area contributed by atoms with Gasteiger partial charge >= 0.3 is 6.03 Å². The van der Waals surface area contributed by atoms with Crippen LogP contribution in [0.1, 0.15) is 25.6 Å². The number of likely N-dealkylation sites (tertiary alicyclic amines) is 1. The van der Waals surface area contributed by atoms with E-state index in [9.17, 15) is 4.79 Å². The Morgan fingerprint density at radius 1 is 1.03 bits per heavy atom. The summed E-state index contributed by atoms with van der Waals surface area (Å²) in [4.78, 5) is 28.5. The number of anilines is 1. The van der Waals surface area contributed by atoms with Gasteiger partial charge in [-0.05, 0) is 37.8 Å². The first-order valence-electron chi connectivity index (χ1n) is 13.2. The molecule has 8 heteroatoms. The van der Waals surface area contributed by atoms with Crippen molar-refractivity contribution in [1.29, 1.82) is 0 Å². The first-order chi connectivity index (χ1) is 18.6. The van der Waals surface area contributed by atoms with Gasteiger partial charge in [0.1, 0.15) is 22.9 Å². The third-order valence-electron chi connectivity index (χ3n) is 7.39. The number of nitrogens with zero attached hydrogens (tertiary/aromatic N) is 5. The number of nitrogens with two attached hydrogens (primary N) is 1. The zero-order valence-electron chi connectivity index (χ0n) is 21.5. The van der Waals surface area contributed by atoms with Crippen LogP contribution in [0.4, 0.5) is 10.6 Å². The fourth-order valence-electron chi connectivity index (χ4n) is 5.37. The Labute approximate surface area is 221 Å². The topological polar surface area (TPSA) is 101 Å². The molecule has 38 heavy (non-hydrogen) atoms. The number of hydrogen-bond acceptors (Lipinski definition) is 5. The summed E-state index contributed by atoms with van der Waals surface area (Å²) in [5, 5.41) is 3.97. The number of piperidine rings is 1. The molecule has 0 bridgehead atoms. The number of carbonyl (C=O) groups is 1. The van der Waals surface area contributed by atoms with Gasteiger partial charge in [0.15, 0.2) is 0 Å². The lowest BCUT2D eigenvalue weighted by Crippen LogP contribution is -2.44. The smallest absolute Gasteiger partial charge is 0.317 e. The summed E-state index contributed by atoms with van der Waals surface area (Å²) < 4.78 is 2.08. The van der Waals surface area contributed by atoms with Crippen molar-refractivity contribution in [3.8, 4) is 22.5 Å². The number of aromatic nitrogens is 4. The van der Waals surface area contributed by atoms with Crippen LogP contribution in [0.3, 0.4) is 0 Å². The Morgan fingerprint density at radius 3 is 2.61 bits per heavy atom. The molecule has 1 aliphatic rings. The molecular weight excluding hydrogens is 474 g/mol. The van der Waals surface area contributed by atoms with Gasteiger partial charge in [0.2, 0.25) is 0 Å². The summed E-state index contributed by atoms with van der Waals surface area (Å²) in [7, 11) is 0. The monoisotopic (exact) mass is 505 g/mol. The molecule has 1 aliphatic heterocycles.